The summed E-state index contributed by atoms with van der Waals surface area (Å²) in [5, 5.41) is 3.89. The molecule has 0 aliphatic carbocycles. The van der Waals surface area contributed by atoms with E-state index in [1.165, 1.54) is 5.56 Å². The third-order valence-electron chi connectivity index (χ3n) is 5.42. The summed E-state index contributed by atoms with van der Waals surface area (Å²) >= 11 is 0. The average molecular weight is 412 g/mol. The summed E-state index contributed by atoms with van der Waals surface area (Å²) in [6.45, 7) is 5.96. The second-order valence-corrected chi connectivity index (χ2v) is 7.66. The van der Waals surface area contributed by atoms with E-state index in [0.29, 0.717) is 5.75 Å². The second kappa shape index (κ2) is 8.52. The molecule has 0 saturated heterocycles. The monoisotopic (exact) mass is 411 g/mol. The van der Waals surface area contributed by atoms with Gasteiger partial charge >= 0.3 is 0 Å². The van der Waals surface area contributed by atoms with Gasteiger partial charge < -0.3 is 14.5 Å². The summed E-state index contributed by atoms with van der Waals surface area (Å²) in [5.41, 5.74) is 7.44. The molecule has 0 atom stereocenters. The number of para-hydroxylation sites is 1. The van der Waals surface area contributed by atoms with Crippen LogP contribution in [0.3, 0.4) is 0 Å². The number of hydrogen-bond acceptors (Lipinski definition) is 3. The summed E-state index contributed by atoms with van der Waals surface area (Å²) in [6, 6.07) is 19.8. The molecule has 156 valence electrons. The number of rotatable bonds is 5. The second-order valence-electron chi connectivity index (χ2n) is 7.66. The Morgan fingerprint density at radius 1 is 1.03 bits per heavy atom. The number of furan rings is 1. The highest BCUT2D eigenvalue weighted by Crippen LogP contribution is 2.40. The number of benzene rings is 3. The predicted molar refractivity (Wildman–Crippen MR) is 126 cm³/mol. The number of carbonyl (C=O) groups excluding carboxylic acids is 1. The van der Waals surface area contributed by atoms with Crippen molar-refractivity contribution in [3.8, 4) is 16.9 Å². The highest BCUT2D eigenvalue weighted by Gasteiger charge is 2.18. The Morgan fingerprint density at radius 2 is 1.74 bits per heavy atom. The number of ether oxygens (including phenoxy) is 1. The van der Waals surface area contributed by atoms with Gasteiger partial charge in [-0.2, -0.15) is 0 Å². The summed E-state index contributed by atoms with van der Waals surface area (Å²) in [5.74, 6) is 0.521. The number of amides is 1. The van der Waals surface area contributed by atoms with Gasteiger partial charge in [0.05, 0.1) is 13.4 Å². The maximum Gasteiger partial charge on any atom is 0.248 e. The molecule has 0 radical (unpaired) electrons. The van der Waals surface area contributed by atoms with Crippen molar-refractivity contribution in [3.05, 3.63) is 89.7 Å². The molecule has 4 aromatic rings. The molecule has 0 saturated carbocycles. The Labute approximate surface area is 182 Å². The van der Waals surface area contributed by atoms with Gasteiger partial charge in [0.1, 0.15) is 11.3 Å². The van der Waals surface area contributed by atoms with Crippen molar-refractivity contribution in [1.29, 1.82) is 0 Å². The van der Waals surface area contributed by atoms with E-state index in [2.05, 4.69) is 36.5 Å². The van der Waals surface area contributed by atoms with Crippen molar-refractivity contribution >= 4 is 28.1 Å². The van der Waals surface area contributed by atoms with Crippen LogP contribution in [0.2, 0.25) is 0 Å². The molecule has 1 aromatic heterocycles. The van der Waals surface area contributed by atoms with E-state index < -0.39 is 0 Å². The lowest BCUT2D eigenvalue weighted by Gasteiger charge is -2.13. The van der Waals surface area contributed by atoms with Gasteiger partial charge in [0.25, 0.3) is 0 Å². The zero-order valence-electron chi connectivity index (χ0n) is 18.2. The number of hydrogen-bond donors (Lipinski definition) is 1. The first-order valence-corrected chi connectivity index (χ1v) is 10.2. The number of carbonyl (C=O) groups is 1. The van der Waals surface area contributed by atoms with E-state index in [-0.39, 0.29) is 5.91 Å². The van der Waals surface area contributed by atoms with Crippen LogP contribution in [0.15, 0.2) is 77.4 Å². The summed E-state index contributed by atoms with van der Waals surface area (Å²) in [4.78, 5) is 12.6. The molecule has 1 heterocycles. The molecule has 0 fully saturated rings. The number of nitrogens with one attached hydrogen (secondary N) is 1. The molecule has 0 spiro atoms. The molecule has 0 bridgehead atoms. The van der Waals surface area contributed by atoms with Crippen LogP contribution in [0, 0.1) is 13.8 Å². The molecule has 3 aromatic carbocycles. The zero-order valence-corrected chi connectivity index (χ0v) is 18.2. The van der Waals surface area contributed by atoms with E-state index in [0.717, 1.165) is 44.5 Å². The van der Waals surface area contributed by atoms with Crippen LogP contribution in [0.4, 0.5) is 5.69 Å². The molecule has 4 nitrogen and oxygen atoms in total. The van der Waals surface area contributed by atoms with Crippen molar-refractivity contribution < 1.29 is 13.9 Å². The number of anilines is 1. The Kier molecular flexibility index (Phi) is 5.63. The Balaban J connectivity index is 1.78. The molecule has 0 aliphatic heterocycles. The van der Waals surface area contributed by atoms with Crippen LogP contribution in [0.1, 0.15) is 23.6 Å². The lowest BCUT2D eigenvalue weighted by molar-refractivity contribution is -0.111. The molecule has 1 amide bonds. The lowest BCUT2D eigenvalue weighted by Crippen LogP contribution is -2.08. The number of methoxy groups -OCH3 is 1. The van der Waals surface area contributed by atoms with Crippen molar-refractivity contribution in [2.24, 2.45) is 0 Å². The highest BCUT2D eigenvalue weighted by molar-refractivity contribution is 6.05. The van der Waals surface area contributed by atoms with Crippen LogP contribution < -0.4 is 10.1 Å². The number of aryl methyl sites for hydroxylation is 2. The third kappa shape index (κ3) is 4.10. The van der Waals surface area contributed by atoms with E-state index in [1.54, 1.807) is 19.4 Å². The van der Waals surface area contributed by atoms with E-state index in [9.17, 15) is 4.79 Å². The largest absolute Gasteiger partial charge is 0.496 e. The molecule has 0 unspecified atom stereocenters. The quantitative estimate of drug-likeness (QED) is 0.369. The zero-order chi connectivity index (χ0) is 22.0. The Morgan fingerprint density at radius 3 is 2.42 bits per heavy atom. The first-order valence-electron chi connectivity index (χ1n) is 10.2. The van der Waals surface area contributed by atoms with E-state index >= 15 is 0 Å². The van der Waals surface area contributed by atoms with Crippen molar-refractivity contribution in [3.63, 3.8) is 0 Å². The van der Waals surface area contributed by atoms with Gasteiger partial charge in [0.15, 0.2) is 0 Å². The third-order valence-corrected chi connectivity index (χ3v) is 5.42. The van der Waals surface area contributed by atoms with Crippen molar-refractivity contribution in [1.82, 2.24) is 0 Å². The fraction of sp³-hybridized carbons (Fsp3) is 0.148. The van der Waals surface area contributed by atoms with Gasteiger partial charge in [-0.3, -0.25) is 4.79 Å². The van der Waals surface area contributed by atoms with Crippen LogP contribution in [-0.2, 0) is 4.79 Å². The Hall–Kier alpha value is -3.79. The minimum absolute atomic E-state index is 0.186. The number of allylic oxidation sites excluding steroid dienone is 1. The van der Waals surface area contributed by atoms with Crippen molar-refractivity contribution in [2.45, 2.75) is 20.8 Å². The maximum atomic E-state index is 12.6. The fourth-order valence-corrected chi connectivity index (χ4v) is 3.80. The molecular weight excluding hydrogens is 386 g/mol. The van der Waals surface area contributed by atoms with Crippen LogP contribution in [0.5, 0.6) is 5.75 Å². The highest BCUT2D eigenvalue weighted by atomic mass is 16.5. The first kappa shape index (κ1) is 20.5. The minimum Gasteiger partial charge on any atom is -0.496 e. The summed E-state index contributed by atoms with van der Waals surface area (Å²) in [7, 11) is 1.64. The van der Waals surface area contributed by atoms with E-state index in [4.69, 9.17) is 9.15 Å². The van der Waals surface area contributed by atoms with Gasteiger partial charge in [-0.1, -0.05) is 48.0 Å². The summed E-state index contributed by atoms with van der Waals surface area (Å²) in [6.07, 6.45) is 3.38. The SMILES string of the molecule is COc1c(/C(C)=C/C(=O)Nc2ccccc2)cc2c(-c3ccc(C)cc3)coc2c1C. The van der Waals surface area contributed by atoms with Crippen LogP contribution >= 0.6 is 0 Å². The number of fused-ring (bicyclic) bond motifs is 1. The molecule has 0 aliphatic rings. The lowest BCUT2D eigenvalue weighted by atomic mass is 9.96. The smallest absolute Gasteiger partial charge is 0.248 e. The first-order chi connectivity index (χ1) is 15.0. The van der Waals surface area contributed by atoms with E-state index in [1.807, 2.05) is 50.2 Å². The predicted octanol–water partition coefficient (Wildman–Crippen LogP) is 6.77. The minimum atomic E-state index is -0.186. The van der Waals surface area contributed by atoms with Crippen LogP contribution in [-0.4, -0.2) is 13.0 Å². The van der Waals surface area contributed by atoms with Gasteiger partial charge in [-0.15, -0.1) is 0 Å². The van der Waals surface area contributed by atoms with Crippen LogP contribution in [0.25, 0.3) is 27.7 Å². The standard InChI is InChI=1S/C27H25NO3/c1-17-10-12-20(13-11-17)24-16-31-27-19(3)26(30-4)22(15-23(24)27)18(2)14-25(29)28-21-8-6-5-7-9-21/h5-16H,1-4H3,(H,28,29)/b18-14+. The van der Waals surface area contributed by atoms with Gasteiger partial charge in [0, 0.05) is 33.8 Å². The summed E-state index contributed by atoms with van der Waals surface area (Å²) < 4.78 is 11.6. The topological polar surface area (TPSA) is 51.5 Å². The molecular formula is C27H25NO3. The van der Waals surface area contributed by atoms with Gasteiger partial charge in [-0.25, -0.2) is 0 Å². The fourth-order valence-electron chi connectivity index (χ4n) is 3.80. The molecule has 4 rings (SSSR count). The molecule has 4 heteroatoms. The normalized spacial score (nSPS) is 11.5. The Bertz CT molecular complexity index is 1270. The van der Waals surface area contributed by atoms with Gasteiger partial charge in [-0.05, 0) is 50.1 Å². The maximum absolute atomic E-state index is 12.6. The molecule has 31 heavy (non-hydrogen) atoms. The van der Waals surface area contributed by atoms with Gasteiger partial charge in [0.2, 0.25) is 5.91 Å². The molecule has 1 N–H and O–H groups in total. The average Bonchev–Trinajstić information content (AvgIpc) is 3.19. The van der Waals surface area contributed by atoms with Crippen molar-refractivity contribution in [2.75, 3.05) is 12.4 Å².